The van der Waals surface area contributed by atoms with Crippen LogP contribution in [-0.2, 0) is 13.0 Å². The molecule has 4 heteroatoms. The van der Waals surface area contributed by atoms with Crippen molar-refractivity contribution in [1.29, 1.82) is 0 Å². The van der Waals surface area contributed by atoms with Gasteiger partial charge in [0.05, 0.1) is 12.1 Å². The molecule has 0 saturated carbocycles. The third-order valence-corrected chi connectivity index (χ3v) is 3.33. The van der Waals surface area contributed by atoms with Crippen molar-refractivity contribution >= 4 is 16.8 Å². The van der Waals surface area contributed by atoms with Gasteiger partial charge >= 0.3 is 0 Å². The van der Waals surface area contributed by atoms with Crippen LogP contribution in [0.15, 0.2) is 40.8 Å². The molecule has 2 aromatic heterocycles. The number of hydrogen-bond donors (Lipinski definition) is 0. The lowest BCUT2D eigenvalue weighted by Crippen LogP contribution is -2.09. The highest BCUT2D eigenvalue weighted by Crippen LogP contribution is 2.20. The molecule has 0 aliphatic carbocycles. The summed E-state index contributed by atoms with van der Waals surface area (Å²) in [6.07, 6.45) is 0.314. The van der Waals surface area contributed by atoms with E-state index in [9.17, 15) is 4.79 Å². The first kappa shape index (κ1) is 12.7. The maximum absolute atomic E-state index is 12.3. The Morgan fingerprint density at radius 2 is 2.10 bits per heavy atom. The van der Waals surface area contributed by atoms with Crippen molar-refractivity contribution in [1.82, 2.24) is 9.78 Å². The number of carbonyl (C=O) groups excluding carboxylic acids is 1. The third kappa shape index (κ3) is 2.25. The van der Waals surface area contributed by atoms with E-state index < -0.39 is 0 Å². The Kier molecular flexibility index (Phi) is 3.14. The first-order valence-electron chi connectivity index (χ1n) is 6.72. The Morgan fingerprint density at radius 3 is 2.85 bits per heavy atom. The molecule has 4 nitrogen and oxygen atoms in total. The monoisotopic (exact) mass is 268 g/mol. The second-order valence-corrected chi connectivity index (χ2v) is 4.84. The van der Waals surface area contributed by atoms with Crippen molar-refractivity contribution in [3.63, 3.8) is 0 Å². The zero-order valence-electron chi connectivity index (χ0n) is 11.6. The van der Waals surface area contributed by atoms with E-state index in [0.29, 0.717) is 12.2 Å². The second kappa shape index (κ2) is 4.96. The number of hydrogen-bond acceptors (Lipinski definition) is 3. The molecule has 0 bridgehead atoms. The maximum Gasteiger partial charge on any atom is 0.203 e. The van der Waals surface area contributed by atoms with Crippen LogP contribution in [0.2, 0.25) is 0 Å². The fourth-order valence-corrected chi connectivity index (χ4v) is 2.39. The molecule has 0 unspecified atom stereocenters. The van der Waals surface area contributed by atoms with E-state index in [2.05, 4.69) is 5.10 Å². The number of Topliss-reactive ketones (excluding diaryl/α,β-unsaturated/α-hetero) is 1. The van der Waals surface area contributed by atoms with Gasteiger partial charge in [0, 0.05) is 17.6 Å². The van der Waals surface area contributed by atoms with Crippen LogP contribution in [-0.4, -0.2) is 15.6 Å². The predicted molar refractivity (Wildman–Crippen MR) is 76.9 cm³/mol. The topological polar surface area (TPSA) is 48.0 Å². The van der Waals surface area contributed by atoms with Crippen molar-refractivity contribution in [3.05, 3.63) is 53.5 Å². The minimum atomic E-state index is -0.0178. The lowest BCUT2D eigenvalue weighted by Gasteiger charge is -2.02. The molecule has 102 valence electrons. The quantitative estimate of drug-likeness (QED) is 0.681. The Bertz CT molecular complexity index is 735. The Labute approximate surface area is 117 Å². The molecule has 0 spiro atoms. The van der Waals surface area contributed by atoms with Crippen molar-refractivity contribution < 1.29 is 9.21 Å². The van der Waals surface area contributed by atoms with Crippen molar-refractivity contribution in [2.45, 2.75) is 26.8 Å². The molecule has 3 aromatic rings. The molecular formula is C16H16N2O2. The molecule has 0 atom stereocenters. The number of nitrogens with zero attached hydrogens (tertiary/aromatic N) is 2. The van der Waals surface area contributed by atoms with Crippen molar-refractivity contribution in [2.75, 3.05) is 0 Å². The van der Waals surface area contributed by atoms with Gasteiger partial charge in [0.15, 0.2) is 5.76 Å². The van der Waals surface area contributed by atoms with Crippen LogP contribution >= 0.6 is 0 Å². The van der Waals surface area contributed by atoms with Gasteiger partial charge in [0.1, 0.15) is 5.58 Å². The van der Waals surface area contributed by atoms with E-state index in [4.69, 9.17) is 4.42 Å². The van der Waals surface area contributed by atoms with Gasteiger partial charge in [-0.3, -0.25) is 9.48 Å². The Balaban J connectivity index is 1.88. The van der Waals surface area contributed by atoms with Crippen LogP contribution in [0.3, 0.4) is 0 Å². The van der Waals surface area contributed by atoms with Gasteiger partial charge in [-0.1, -0.05) is 18.2 Å². The van der Waals surface area contributed by atoms with Crippen LogP contribution < -0.4 is 0 Å². The fourth-order valence-electron chi connectivity index (χ4n) is 2.39. The molecule has 0 saturated heterocycles. The maximum atomic E-state index is 12.3. The first-order chi connectivity index (χ1) is 9.67. The molecule has 1 aromatic carbocycles. The molecule has 0 amide bonds. The van der Waals surface area contributed by atoms with Crippen molar-refractivity contribution in [2.24, 2.45) is 0 Å². The molecule has 0 radical (unpaired) electrons. The fraction of sp³-hybridized carbons (Fsp3) is 0.250. The zero-order chi connectivity index (χ0) is 14.1. The number of furan rings is 1. The summed E-state index contributed by atoms with van der Waals surface area (Å²) in [4.78, 5) is 12.3. The standard InChI is InChI=1S/C16H16N2O2/c1-3-18-13(8-11(2)17-18)10-14(19)16-9-12-6-4-5-7-15(12)20-16/h4-9H,3,10H2,1-2H3. The average molecular weight is 268 g/mol. The van der Waals surface area contributed by atoms with Gasteiger partial charge < -0.3 is 4.42 Å². The summed E-state index contributed by atoms with van der Waals surface area (Å²) in [5, 5.41) is 5.31. The molecule has 0 N–H and O–H groups in total. The number of para-hydroxylation sites is 1. The van der Waals surface area contributed by atoms with E-state index >= 15 is 0 Å². The van der Waals surface area contributed by atoms with Gasteiger partial charge in [0.2, 0.25) is 5.78 Å². The SMILES string of the molecule is CCn1nc(C)cc1CC(=O)c1cc2ccccc2o1. The van der Waals surface area contributed by atoms with Gasteiger partial charge in [0.25, 0.3) is 0 Å². The molecule has 2 heterocycles. The van der Waals surface area contributed by atoms with Gasteiger partial charge in [-0.15, -0.1) is 0 Å². The number of aromatic nitrogens is 2. The van der Waals surface area contributed by atoms with E-state index in [1.54, 1.807) is 6.07 Å². The third-order valence-electron chi connectivity index (χ3n) is 3.33. The van der Waals surface area contributed by atoms with E-state index in [1.165, 1.54) is 0 Å². The number of carbonyl (C=O) groups is 1. The number of ketones is 1. The average Bonchev–Trinajstić information content (AvgIpc) is 3.01. The van der Waals surface area contributed by atoms with E-state index in [0.717, 1.165) is 28.9 Å². The summed E-state index contributed by atoms with van der Waals surface area (Å²) in [7, 11) is 0. The number of benzene rings is 1. The number of aryl methyl sites for hydroxylation is 2. The summed E-state index contributed by atoms with van der Waals surface area (Å²) in [6.45, 7) is 4.71. The molecule has 0 aliphatic heterocycles. The van der Waals surface area contributed by atoms with Gasteiger partial charge in [-0.2, -0.15) is 5.10 Å². The van der Waals surface area contributed by atoms with Crippen LogP contribution in [0.4, 0.5) is 0 Å². The summed E-state index contributed by atoms with van der Waals surface area (Å²) in [5.41, 5.74) is 2.60. The molecule has 20 heavy (non-hydrogen) atoms. The predicted octanol–water partition coefficient (Wildman–Crippen LogP) is 3.38. The largest absolute Gasteiger partial charge is 0.453 e. The second-order valence-electron chi connectivity index (χ2n) is 4.84. The Hall–Kier alpha value is -2.36. The molecule has 3 rings (SSSR count). The van der Waals surface area contributed by atoms with E-state index in [-0.39, 0.29) is 5.78 Å². The first-order valence-corrected chi connectivity index (χ1v) is 6.72. The minimum absolute atomic E-state index is 0.0178. The zero-order valence-corrected chi connectivity index (χ0v) is 11.6. The highest BCUT2D eigenvalue weighted by atomic mass is 16.3. The van der Waals surface area contributed by atoms with Crippen LogP contribution in [0.25, 0.3) is 11.0 Å². The number of rotatable bonds is 4. The molecular weight excluding hydrogens is 252 g/mol. The smallest absolute Gasteiger partial charge is 0.203 e. The summed E-state index contributed by atoms with van der Waals surface area (Å²) >= 11 is 0. The summed E-state index contributed by atoms with van der Waals surface area (Å²) in [5.74, 6) is 0.392. The highest BCUT2D eigenvalue weighted by molar-refractivity contribution is 5.98. The molecule has 0 aliphatic rings. The summed E-state index contributed by atoms with van der Waals surface area (Å²) < 4.78 is 7.46. The minimum Gasteiger partial charge on any atom is -0.453 e. The normalized spacial score (nSPS) is 11.1. The molecule has 0 fully saturated rings. The lowest BCUT2D eigenvalue weighted by molar-refractivity contribution is 0.0966. The Morgan fingerprint density at radius 1 is 1.30 bits per heavy atom. The van der Waals surface area contributed by atoms with Gasteiger partial charge in [-0.25, -0.2) is 0 Å². The number of fused-ring (bicyclic) bond motifs is 1. The highest BCUT2D eigenvalue weighted by Gasteiger charge is 2.15. The van der Waals surface area contributed by atoms with Crippen LogP contribution in [0.1, 0.15) is 28.9 Å². The van der Waals surface area contributed by atoms with Gasteiger partial charge in [-0.05, 0) is 32.0 Å². The summed E-state index contributed by atoms with van der Waals surface area (Å²) in [6, 6.07) is 11.4. The van der Waals surface area contributed by atoms with E-state index in [1.807, 2.05) is 48.9 Å². The van der Waals surface area contributed by atoms with Crippen molar-refractivity contribution in [3.8, 4) is 0 Å². The lowest BCUT2D eigenvalue weighted by atomic mass is 10.1. The van der Waals surface area contributed by atoms with Crippen LogP contribution in [0, 0.1) is 6.92 Å². The van der Waals surface area contributed by atoms with Crippen LogP contribution in [0.5, 0.6) is 0 Å².